The number of aliphatic hydroxyl groups is 1. The highest BCUT2D eigenvalue weighted by molar-refractivity contribution is 9.10. The Bertz CT molecular complexity index is 305. The van der Waals surface area contributed by atoms with E-state index in [1.165, 1.54) is 16.7 Å². The highest BCUT2D eigenvalue weighted by Crippen LogP contribution is 2.25. The lowest BCUT2D eigenvalue weighted by atomic mass is 9.99. The average molecular weight is 229 g/mol. The van der Waals surface area contributed by atoms with Gasteiger partial charge in [-0.3, -0.25) is 0 Å². The number of aliphatic hydroxyl groups excluding tert-OH is 1. The maximum atomic E-state index is 9.04. The van der Waals surface area contributed by atoms with E-state index in [0.717, 1.165) is 10.0 Å². The maximum Gasteiger partial charge on any atom is 0.0684 e. The first-order valence-corrected chi connectivity index (χ1v) is 4.73. The van der Waals surface area contributed by atoms with Crippen LogP contribution in [-0.2, 0) is 6.61 Å². The molecule has 0 atom stereocenters. The van der Waals surface area contributed by atoms with Crippen LogP contribution in [0, 0.1) is 20.8 Å². The summed E-state index contributed by atoms with van der Waals surface area (Å²) in [5.74, 6) is 0. The molecule has 1 aromatic rings. The van der Waals surface area contributed by atoms with E-state index >= 15 is 0 Å². The lowest BCUT2D eigenvalue weighted by molar-refractivity contribution is 0.281. The summed E-state index contributed by atoms with van der Waals surface area (Å²) in [6.07, 6.45) is 0. The van der Waals surface area contributed by atoms with E-state index in [1.807, 2.05) is 13.0 Å². The van der Waals surface area contributed by atoms with Gasteiger partial charge in [0.2, 0.25) is 0 Å². The molecule has 0 aliphatic heterocycles. The Morgan fingerprint density at radius 3 is 2.25 bits per heavy atom. The highest BCUT2D eigenvalue weighted by Gasteiger charge is 2.06. The predicted molar refractivity (Wildman–Crippen MR) is 54.3 cm³/mol. The van der Waals surface area contributed by atoms with Crippen LogP contribution in [0.3, 0.4) is 0 Å². The summed E-state index contributed by atoms with van der Waals surface area (Å²) in [4.78, 5) is 0. The standard InChI is InChI=1S/C10H13BrO/c1-6-7(2)9(5-12)4-10(11)8(6)3/h4,12H,5H2,1-3H3. The van der Waals surface area contributed by atoms with Crippen molar-refractivity contribution in [3.63, 3.8) is 0 Å². The Hall–Kier alpha value is -0.340. The van der Waals surface area contributed by atoms with Crippen LogP contribution in [0.1, 0.15) is 22.3 Å². The summed E-state index contributed by atoms with van der Waals surface area (Å²) in [6.45, 7) is 6.31. The van der Waals surface area contributed by atoms with Gasteiger partial charge in [0.05, 0.1) is 6.61 Å². The van der Waals surface area contributed by atoms with Crippen LogP contribution in [0.2, 0.25) is 0 Å². The Labute approximate surface area is 81.6 Å². The minimum Gasteiger partial charge on any atom is -0.392 e. The molecule has 1 nitrogen and oxygen atoms in total. The topological polar surface area (TPSA) is 20.2 Å². The minimum absolute atomic E-state index is 0.117. The molecule has 0 saturated carbocycles. The first kappa shape index (κ1) is 9.75. The number of hydrogen-bond acceptors (Lipinski definition) is 1. The zero-order chi connectivity index (χ0) is 9.30. The van der Waals surface area contributed by atoms with E-state index in [2.05, 4.69) is 29.8 Å². The third kappa shape index (κ3) is 1.54. The number of hydrogen-bond donors (Lipinski definition) is 1. The largest absolute Gasteiger partial charge is 0.392 e. The monoisotopic (exact) mass is 228 g/mol. The minimum atomic E-state index is 0.117. The van der Waals surface area contributed by atoms with Gasteiger partial charge in [-0.2, -0.15) is 0 Å². The maximum absolute atomic E-state index is 9.04. The fraction of sp³-hybridized carbons (Fsp3) is 0.400. The third-order valence-electron chi connectivity index (χ3n) is 2.44. The fourth-order valence-electron chi connectivity index (χ4n) is 1.23. The fourth-order valence-corrected chi connectivity index (χ4v) is 1.81. The number of rotatable bonds is 1. The van der Waals surface area contributed by atoms with Gasteiger partial charge in [0, 0.05) is 4.47 Å². The van der Waals surface area contributed by atoms with Gasteiger partial charge in [-0.1, -0.05) is 15.9 Å². The molecule has 0 aliphatic carbocycles. The summed E-state index contributed by atoms with van der Waals surface area (Å²) in [6, 6.07) is 1.98. The van der Waals surface area contributed by atoms with Crippen molar-refractivity contribution in [1.82, 2.24) is 0 Å². The van der Waals surface area contributed by atoms with Crippen molar-refractivity contribution in [1.29, 1.82) is 0 Å². The van der Waals surface area contributed by atoms with Crippen molar-refractivity contribution >= 4 is 15.9 Å². The Balaban J connectivity index is 3.39. The van der Waals surface area contributed by atoms with Gasteiger partial charge < -0.3 is 5.11 Å². The van der Waals surface area contributed by atoms with E-state index < -0.39 is 0 Å². The first-order chi connectivity index (χ1) is 5.57. The van der Waals surface area contributed by atoms with Gasteiger partial charge in [-0.05, 0) is 49.1 Å². The van der Waals surface area contributed by atoms with Crippen molar-refractivity contribution in [2.45, 2.75) is 27.4 Å². The van der Waals surface area contributed by atoms with Crippen molar-refractivity contribution < 1.29 is 5.11 Å². The van der Waals surface area contributed by atoms with Crippen LogP contribution in [0.15, 0.2) is 10.5 Å². The molecule has 0 bridgehead atoms. The van der Waals surface area contributed by atoms with Crippen LogP contribution in [0.25, 0.3) is 0 Å². The van der Waals surface area contributed by atoms with Crippen LogP contribution < -0.4 is 0 Å². The molecule has 1 rings (SSSR count). The molecular formula is C10H13BrO. The van der Waals surface area contributed by atoms with E-state index in [0.29, 0.717) is 0 Å². The third-order valence-corrected chi connectivity index (χ3v) is 3.26. The summed E-state index contributed by atoms with van der Waals surface area (Å²) >= 11 is 3.46. The van der Waals surface area contributed by atoms with Gasteiger partial charge in [-0.15, -0.1) is 0 Å². The lowest BCUT2D eigenvalue weighted by Gasteiger charge is -2.11. The SMILES string of the molecule is Cc1c(Br)cc(CO)c(C)c1C. The molecule has 0 fully saturated rings. The molecule has 66 valence electrons. The highest BCUT2D eigenvalue weighted by atomic mass is 79.9. The van der Waals surface area contributed by atoms with Crippen molar-refractivity contribution in [2.24, 2.45) is 0 Å². The Morgan fingerprint density at radius 1 is 1.17 bits per heavy atom. The van der Waals surface area contributed by atoms with E-state index in [-0.39, 0.29) is 6.61 Å². The quantitative estimate of drug-likeness (QED) is 0.784. The zero-order valence-corrected chi connectivity index (χ0v) is 9.20. The smallest absolute Gasteiger partial charge is 0.0684 e. The first-order valence-electron chi connectivity index (χ1n) is 3.94. The van der Waals surface area contributed by atoms with Crippen LogP contribution in [0.4, 0.5) is 0 Å². The molecule has 1 N–H and O–H groups in total. The Kier molecular flexibility index (Phi) is 2.91. The molecule has 0 saturated heterocycles. The summed E-state index contributed by atoms with van der Waals surface area (Å²) < 4.78 is 1.08. The second-order valence-corrected chi connectivity index (χ2v) is 3.90. The van der Waals surface area contributed by atoms with Gasteiger partial charge >= 0.3 is 0 Å². The summed E-state index contributed by atoms with van der Waals surface area (Å²) in [5.41, 5.74) is 4.71. The molecule has 0 spiro atoms. The van der Waals surface area contributed by atoms with Crippen molar-refractivity contribution in [2.75, 3.05) is 0 Å². The van der Waals surface area contributed by atoms with Gasteiger partial charge in [0.15, 0.2) is 0 Å². The summed E-state index contributed by atoms with van der Waals surface area (Å²) in [5, 5.41) is 9.04. The van der Waals surface area contributed by atoms with E-state index in [1.54, 1.807) is 0 Å². The van der Waals surface area contributed by atoms with Gasteiger partial charge in [0.25, 0.3) is 0 Å². The van der Waals surface area contributed by atoms with Crippen molar-refractivity contribution in [3.05, 3.63) is 32.8 Å². The second kappa shape index (κ2) is 3.58. The van der Waals surface area contributed by atoms with Crippen LogP contribution >= 0.6 is 15.9 Å². The average Bonchev–Trinajstić information content (AvgIpc) is 2.08. The van der Waals surface area contributed by atoms with Gasteiger partial charge in [-0.25, -0.2) is 0 Å². The normalized spacial score (nSPS) is 10.4. The molecule has 0 aromatic heterocycles. The molecule has 0 unspecified atom stereocenters. The molecule has 12 heavy (non-hydrogen) atoms. The molecule has 1 aromatic carbocycles. The molecule has 0 amide bonds. The van der Waals surface area contributed by atoms with Crippen LogP contribution in [0.5, 0.6) is 0 Å². The Morgan fingerprint density at radius 2 is 1.75 bits per heavy atom. The number of benzene rings is 1. The lowest BCUT2D eigenvalue weighted by Crippen LogP contribution is -1.95. The predicted octanol–water partition coefficient (Wildman–Crippen LogP) is 2.87. The second-order valence-electron chi connectivity index (χ2n) is 3.05. The summed E-state index contributed by atoms with van der Waals surface area (Å²) in [7, 11) is 0. The van der Waals surface area contributed by atoms with E-state index in [9.17, 15) is 0 Å². The number of halogens is 1. The molecule has 0 aliphatic rings. The zero-order valence-electron chi connectivity index (χ0n) is 7.61. The molecule has 0 radical (unpaired) electrons. The van der Waals surface area contributed by atoms with Gasteiger partial charge in [0.1, 0.15) is 0 Å². The van der Waals surface area contributed by atoms with E-state index in [4.69, 9.17) is 5.11 Å². The molecule has 0 heterocycles. The molecular weight excluding hydrogens is 216 g/mol. The van der Waals surface area contributed by atoms with Crippen LogP contribution in [-0.4, -0.2) is 5.11 Å². The van der Waals surface area contributed by atoms with Crippen molar-refractivity contribution in [3.8, 4) is 0 Å². The molecule has 2 heteroatoms.